The number of piperazine rings is 1. The average Bonchev–Trinajstić information content (AvgIpc) is 2.89. The number of hydrogen-bond acceptors (Lipinski definition) is 9. The monoisotopic (exact) mass is 436 g/mol. The van der Waals surface area contributed by atoms with Crippen LogP contribution in [0.25, 0.3) is 16.7 Å². The number of aromatic nitrogens is 3. The number of rotatable bonds is 3. The third-order valence-electron chi connectivity index (χ3n) is 5.32. The van der Waals surface area contributed by atoms with Gasteiger partial charge in [0.2, 0.25) is 5.91 Å². The molecule has 10 heteroatoms. The van der Waals surface area contributed by atoms with Gasteiger partial charge in [0.1, 0.15) is 17.9 Å². The summed E-state index contributed by atoms with van der Waals surface area (Å²) in [5, 5.41) is 0. The highest BCUT2D eigenvalue weighted by Crippen LogP contribution is 2.21. The Morgan fingerprint density at radius 2 is 1.94 bits per heavy atom. The molecule has 10 nitrogen and oxygen atoms in total. The number of nitrogens with zero attached hydrogens (tertiary/aromatic N) is 6. The number of aliphatic imine (C=N–C) groups is 1. The number of ether oxygens (including phenoxy) is 1. The highest BCUT2D eigenvalue weighted by Gasteiger charge is 2.30. The van der Waals surface area contributed by atoms with E-state index in [4.69, 9.17) is 26.2 Å². The van der Waals surface area contributed by atoms with Crippen LogP contribution in [-0.2, 0) is 9.53 Å². The molecule has 0 aromatic carbocycles. The van der Waals surface area contributed by atoms with Gasteiger partial charge in [-0.1, -0.05) is 12.2 Å². The van der Waals surface area contributed by atoms with Gasteiger partial charge in [-0.05, 0) is 37.6 Å². The third kappa shape index (κ3) is 4.86. The molecular weight excluding hydrogens is 408 g/mol. The Balaban J connectivity index is 1.54. The number of amides is 1. The molecule has 32 heavy (non-hydrogen) atoms. The summed E-state index contributed by atoms with van der Waals surface area (Å²) in [4.78, 5) is 34.5. The Hall–Kier alpha value is -3.53. The van der Waals surface area contributed by atoms with Crippen molar-refractivity contribution in [3.8, 4) is 0 Å². The molecule has 1 amide bonds. The molecule has 0 bridgehead atoms. The molecule has 4 rings (SSSR count). The number of carbonyl (C=O) groups is 1. The SMILES string of the molecule is CC(C)(N)C(=O)N1CCN(c2cnc3ccc(C4=CCN=C(N)OCC=C4)nc3n2)CC1. The molecule has 1 saturated heterocycles. The van der Waals surface area contributed by atoms with Crippen LogP contribution >= 0.6 is 0 Å². The Morgan fingerprint density at radius 3 is 2.69 bits per heavy atom. The number of carbonyl (C=O) groups excluding carboxylic acids is 1. The third-order valence-corrected chi connectivity index (χ3v) is 5.32. The van der Waals surface area contributed by atoms with Gasteiger partial charge in [0.05, 0.1) is 24.0 Å². The fourth-order valence-corrected chi connectivity index (χ4v) is 3.59. The van der Waals surface area contributed by atoms with Crippen molar-refractivity contribution < 1.29 is 9.53 Å². The fraction of sp³-hybridized carbons (Fsp3) is 0.409. The second-order valence-corrected chi connectivity index (χ2v) is 8.32. The maximum atomic E-state index is 12.4. The number of amidine groups is 1. The van der Waals surface area contributed by atoms with Crippen LogP contribution < -0.4 is 16.4 Å². The number of allylic oxidation sites excluding steroid dienone is 2. The first-order valence-electron chi connectivity index (χ1n) is 10.6. The summed E-state index contributed by atoms with van der Waals surface area (Å²) in [7, 11) is 0. The van der Waals surface area contributed by atoms with Gasteiger partial charge >= 0.3 is 0 Å². The van der Waals surface area contributed by atoms with Crippen LogP contribution in [0.15, 0.2) is 41.6 Å². The van der Waals surface area contributed by atoms with Crippen molar-refractivity contribution in [3.05, 3.63) is 42.3 Å². The topological polar surface area (TPSA) is 136 Å². The molecule has 2 aromatic rings. The number of anilines is 1. The second-order valence-electron chi connectivity index (χ2n) is 8.32. The quantitative estimate of drug-likeness (QED) is 0.717. The van der Waals surface area contributed by atoms with E-state index in [0.29, 0.717) is 45.0 Å². The number of nitrogens with two attached hydrogens (primary N) is 2. The van der Waals surface area contributed by atoms with E-state index >= 15 is 0 Å². The van der Waals surface area contributed by atoms with Crippen LogP contribution in [0.5, 0.6) is 0 Å². The van der Waals surface area contributed by atoms with Gasteiger partial charge in [-0.15, -0.1) is 0 Å². The van der Waals surface area contributed by atoms with Crippen molar-refractivity contribution >= 4 is 34.5 Å². The van der Waals surface area contributed by atoms with Gasteiger partial charge in [-0.3, -0.25) is 4.79 Å². The van der Waals surface area contributed by atoms with Crippen LogP contribution in [-0.4, -0.2) is 76.7 Å². The van der Waals surface area contributed by atoms with E-state index in [1.807, 2.05) is 30.4 Å². The summed E-state index contributed by atoms with van der Waals surface area (Å²) in [6, 6.07) is 3.99. The van der Waals surface area contributed by atoms with Crippen molar-refractivity contribution in [1.29, 1.82) is 0 Å². The van der Waals surface area contributed by atoms with Crippen molar-refractivity contribution in [2.75, 3.05) is 44.2 Å². The van der Waals surface area contributed by atoms with Crippen LogP contribution in [0.2, 0.25) is 0 Å². The van der Waals surface area contributed by atoms with E-state index in [9.17, 15) is 4.79 Å². The van der Waals surface area contributed by atoms with Crippen LogP contribution in [0.4, 0.5) is 5.82 Å². The van der Waals surface area contributed by atoms with Crippen LogP contribution in [0.3, 0.4) is 0 Å². The maximum Gasteiger partial charge on any atom is 0.282 e. The predicted octanol–water partition coefficient (Wildman–Crippen LogP) is 0.695. The Morgan fingerprint density at radius 1 is 1.16 bits per heavy atom. The van der Waals surface area contributed by atoms with Crippen molar-refractivity contribution in [3.63, 3.8) is 0 Å². The lowest BCUT2D eigenvalue weighted by molar-refractivity contribution is -0.136. The average molecular weight is 437 g/mol. The van der Waals surface area contributed by atoms with E-state index in [0.717, 1.165) is 22.6 Å². The summed E-state index contributed by atoms with van der Waals surface area (Å²) in [6.45, 7) is 6.72. The summed E-state index contributed by atoms with van der Waals surface area (Å²) in [5.74, 6) is 0.701. The summed E-state index contributed by atoms with van der Waals surface area (Å²) in [6.07, 6.45) is 7.51. The normalized spacial score (nSPS) is 17.7. The molecule has 2 aromatic heterocycles. The van der Waals surface area contributed by atoms with Crippen LogP contribution in [0, 0.1) is 0 Å². The smallest absolute Gasteiger partial charge is 0.282 e. The lowest BCUT2D eigenvalue weighted by Crippen LogP contribution is -2.57. The lowest BCUT2D eigenvalue weighted by Gasteiger charge is -2.37. The highest BCUT2D eigenvalue weighted by molar-refractivity contribution is 5.85. The van der Waals surface area contributed by atoms with E-state index in [1.54, 1.807) is 24.9 Å². The molecule has 0 spiro atoms. The number of hydrogen-bond donors (Lipinski definition) is 2. The molecule has 0 radical (unpaired) electrons. The van der Waals surface area contributed by atoms with E-state index in [2.05, 4.69) is 14.9 Å². The van der Waals surface area contributed by atoms with Gasteiger partial charge in [-0.2, -0.15) is 0 Å². The second kappa shape index (κ2) is 8.91. The predicted molar refractivity (Wildman–Crippen MR) is 124 cm³/mol. The van der Waals surface area contributed by atoms with Crippen molar-refractivity contribution in [1.82, 2.24) is 19.9 Å². The van der Waals surface area contributed by atoms with Crippen molar-refractivity contribution in [2.45, 2.75) is 19.4 Å². The standard InChI is InChI=1S/C22H28N8O2/c1-22(2,24)20(31)30-11-9-29(10-12-30)18-14-26-17-6-5-16(27-19(17)28-18)15-4-3-13-32-21(23)25-8-7-15/h3-7,14H,8-13,24H2,1-2H3,(H2,23,25). The van der Waals surface area contributed by atoms with Gasteiger partial charge < -0.3 is 26.0 Å². The van der Waals surface area contributed by atoms with Crippen molar-refractivity contribution in [2.24, 2.45) is 16.5 Å². The molecule has 0 saturated carbocycles. The molecular formula is C22H28N8O2. The van der Waals surface area contributed by atoms with Gasteiger partial charge in [0, 0.05) is 26.2 Å². The van der Waals surface area contributed by atoms with E-state index in [-0.39, 0.29) is 11.9 Å². The van der Waals surface area contributed by atoms with Gasteiger partial charge in [-0.25, -0.2) is 19.9 Å². The molecule has 2 aliphatic heterocycles. The lowest BCUT2D eigenvalue weighted by atomic mass is 10.0. The highest BCUT2D eigenvalue weighted by atomic mass is 16.5. The largest absolute Gasteiger partial charge is 0.461 e. The maximum absolute atomic E-state index is 12.4. The zero-order valence-corrected chi connectivity index (χ0v) is 18.4. The van der Waals surface area contributed by atoms with Crippen LogP contribution in [0.1, 0.15) is 19.5 Å². The first-order valence-corrected chi connectivity index (χ1v) is 10.6. The van der Waals surface area contributed by atoms with Gasteiger partial charge in [0.25, 0.3) is 6.02 Å². The fourth-order valence-electron chi connectivity index (χ4n) is 3.59. The zero-order valence-electron chi connectivity index (χ0n) is 18.4. The molecule has 4 heterocycles. The van der Waals surface area contributed by atoms with Gasteiger partial charge in [0.15, 0.2) is 5.65 Å². The Bertz CT molecular complexity index is 1090. The molecule has 0 aliphatic carbocycles. The Labute approximate surface area is 186 Å². The molecule has 0 atom stereocenters. The summed E-state index contributed by atoms with van der Waals surface area (Å²) in [5.41, 5.74) is 13.7. The summed E-state index contributed by atoms with van der Waals surface area (Å²) < 4.78 is 5.27. The first-order chi connectivity index (χ1) is 15.3. The molecule has 4 N–H and O–H groups in total. The first kappa shape index (κ1) is 21.7. The minimum Gasteiger partial charge on any atom is -0.461 e. The molecule has 1 fully saturated rings. The molecule has 168 valence electrons. The number of pyridine rings is 1. The minimum atomic E-state index is -0.867. The number of fused-ring (bicyclic) bond motifs is 1. The van der Waals surface area contributed by atoms with E-state index < -0.39 is 5.54 Å². The summed E-state index contributed by atoms with van der Waals surface area (Å²) >= 11 is 0. The van der Waals surface area contributed by atoms with E-state index in [1.165, 1.54) is 0 Å². The zero-order chi connectivity index (χ0) is 22.7. The Kier molecular flexibility index (Phi) is 6.04. The minimum absolute atomic E-state index is 0.0409. The molecule has 2 aliphatic rings. The molecule has 0 unspecified atom stereocenters.